The lowest BCUT2D eigenvalue weighted by Gasteiger charge is -2.18. The van der Waals surface area contributed by atoms with Gasteiger partial charge in [-0.3, -0.25) is 9.69 Å². The summed E-state index contributed by atoms with van der Waals surface area (Å²) in [5.74, 6) is 4.38. The van der Waals surface area contributed by atoms with Crippen LogP contribution < -0.4 is 5.73 Å². The molecule has 0 saturated heterocycles. The molecule has 0 aromatic carbocycles. The van der Waals surface area contributed by atoms with E-state index in [9.17, 15) is 4.79 Å². The van der Waals surface area contributed by atoms with E-state index in [1.165, 1.54) is 0 Å². The normalized spacial score (nSPS) is 9.80. The van der Waals surface area contributed by atoms with Crippen LogP contribution in [0.2, 0.25) is 0 Å². The van der Waals surface area contributed by atoms with Gasteiger partial charge in [-0.25, -0.2) is 0 Å². The Hall–Kier alpha value is -1.09. The summed E-state index contributed by atoms with van der Waals surface area (Å²) in [4.78, 5) is 12.4. The van der Waals surface area contributed by atoms with Crippen molar-refractivity contribution in [3.8, 4) is 11.8 Å². The number of nitrogens with two attached hydrogens (primary N) is 1. The average Bonchev–Trinajstić information content (AvgIpc) is 2.20. The van der Waals surface area contributed by atoms with E-state index >= 15 is 0 Å². The van der Waals surface area contributed by atoms with Crippen molar-refractivity contribution in [3.05, 3.63) is 0 Å². The minimum absolute atomic E-state index is 0.496. The molecule has 0 saturated carbocycles. The number of rotatable bonds is 7. The lowest BCUT2D eigenvalue weighted by Crippen LogP contribution is -2.31. The third-order valence-corrected chi connectivity index (χ3v) is 1.74. The van der Waals surface area contributed by atoms with Gasteiger partial charge >= 0.3 is 0 Å². The van der Waals surface area contributed by atoms with Crippen molar-refractivity contribution >= 4 is 5.91 Å². The molecule has 0 aliphatic carbocycles. The smallest absolute Gasteiger partial charge is 0.293 e. The predicted molar refractivity (Wildman–Crippen MR) is 57.2 cm³/mol. The third-order valence-electron chi connectivity index (χ3n) is 1.74. The zero-order chi connectivity index (χ0) is 11.5. The molecule has 0 heterocycles. The maximum Gasteiger partial charge on any atom is 0.293 e. The molecule has 0 atom stereocenters. The number of carbonyl (C=O) groups excluding carboxylic acids is 1. The van der Waals surface area contributed by atoms with Crippen LogP contribution in [0.3, 0.4) is 0 Å². The molecule has 0 fully saturated rings. The van der Waals surface area contributed by atoms with Gasteiger partial charge in [0, 0.05) is 27.3 Å². The molecule has 1 amide bonds. The number of ether oxygens (including phenoxy) is 2. The van der Waals surface area contributed by atoms with Gasteiger partial charge in [-0.2, -0.15) is 0 Å². The Labute approximate surface area is 90.5 Å². The minimum atomic E-state index is -0.603. The van der Waals surface area contributed by atoms with Gasteiger partial charge in [0.25, 0.3) is 5.91 Å². The quantitative estimate of drug-likeness (QED) is 0.556. The van der Waals surface area contributed by atoms with Crippen molar-refractivity contribution in [3.63, 3.8) is 0 Å². The van der Waals surface area contributed by atoms with E-state index in [0.29, 0.717) is 19.8 Å². The van der Waals surface area contributed by atoms with E-state index in [1.807, 2.05) is 4.90 Å². The monoisotopic (exact) mass is 214 g/mol. The Morgan fingerprint density at radius 3 is 2.20 bits per heavy atom. The molecule has 0 aromatic heterocycles. The first-order chi connectivity index (χ1) is 7.20. The van der Waals surface area contributed by atoms with Crippen LogP contribution in [0, 0.1) is 11.8 Å². The van der Waals surface area contributed by atoms with Crippen molar-refractivity contribution in [1.29, 1.82) is 0 Å². The van der Waals surface area contributed by atoms with Crippen LogP contribution in [0.25, 0.3) is 0 Å². The first-order valence-corrected chi connectivity index (χ1v) is 4.69. The van der Waals surface area contributed by atoms with Crippen molar-refractivity contribution in [2.24, 2.45) is 5.73 Å². The molecule has 0 aliphatic rings. The van der Waals surface area contributed by atoms with Crippen molar-refractivity contribution in [2.45, 2.75) is 0 Å². The van der Waals surface area contributed by atoms with E-state index < -0.39 is 5.91 Å². The van der Waals surface area contributed by atoms with E-state index in [2.05, 4.69) is 11.8 Å². The first kappa shape index (κ1) is 13.9. The standard InChI is InChI=1S/C10H18N2O3/c1-14-8-6-12(7-9-15-2)5-3-4-10(11)13/h5-9H2,1-2H3,(H2,11,13). The number of hydrogen-bond acceptors (Lipinski definition) is 4. The van der Waals surface area contributed by atoms with Crippen LogP contribution in [0.15, 0.2) is 0 Å². The van der Waals surface area contributed by atoms with Gasteiger partial charge < -0.3 is 15.2 Å². The van der Waals surface area contributed by atoms with Gasteiger partial charge in [0.05, 0.1) is 19.8 Å². The molecule has 0 unspecified atom stereocenters. The topological polar surface area (TPSA) is 64.8 Å². The van der Waals surface area contributed by atoms with Crippen molar-refractivity contribution < 1.29 is 14.3 Å². The summed E-state index contributed by atoms with van der Waals surface area (Å²) in [5, 5.41) is 0. The molecule has 5 heteroatoms. The molecule has 86 valence electrons. The highest BCUT2D eigenvalue weighted by atomic mass is 16.5. The zero-order valence-corrected chi connectivity index (χ0v) is 9.28. The van der Waals surface area contributed by atoms with Crippen LogP contribution in [-0.4, -0.2) is 57.9 Å². The number of carbonyl (C=O) groups is 1. The van der Waals surface area contributed by atoms with Crippen LogP contribution in [0.1, 0.15) is 0 Å². The molecule has 2 N–H and O–H groups in total. The van der Waals surface area contributed by atoms with E-state index in [1.54, 1.807) is 14.2 Å². The molecular formula is C10H18N2O3. The lowest BCUT2D eigenvalue weighted by molar-refractivity contribution is -0.112. The van der Waals surface area contributed by atoms with Crippen LogP contribution in [0.5, 0.6) is 0 Å². The predicted octanol–water partition coefficient (Wildman–Crippen LogP) is -0.930. The number of nitrogens with zero attached hydrogens (tertiary/aromatic N) is 1. The highest BCUT2D eigenvalue weighted by molar-refractivity contribution is 5.91. The van der Waals surface area contributed by atoms with E-state index in [0.717, 1.165) is 13.1 Å². The van der Waals surface area contributed by atoms with E-state index in [4.69, 9.17) is 15.2 Å². The maximum absolute atomic E-state index is 10.4. The molecule has 15 heavy (non-hydrogen) atoms. The largest absolute Gasteiger partial charge is 0.383 e. The SMILES string of the molecule is COCCN(CC#CC(N)=O)CCOC. The Morgan fingerprint density at radius 2 is 1.80 bits per heavy atom. The molecule has 0 spiro atoms. The number of amides is 1. The van der Waals surface area contributed by atoms with Crippen LogP contribution in [0.4, 0.5) is 0 Å². The summed E-state index contributed by atoms with van der Waals surface area (Å²) in [6.07, 6.45) is 0. The molecule has 0 bridgehead atoms. The molecule has 0 aliphatic heterocycles. The van der Waals surface area contributed by atoms with Gasteiger partial charge in [0.1, 0.15) is 0 Å². The second-order valence-corrected chi connectivity index (χ2v) is 2.93. The van der Waals surface area contributed by atoms with Gasteiger partial charge in [0.2, 0.25) is 0 Å². The Bertz CT molecular complexity index is 225. The fourth-order valence-electron chi connectivity index (χ4n) is 0.949. The molecule has 0 aromatic rings. The van der Waals surface area contributed by atoms with Crippen LogP contribution in [-0.2, 0) is 14.3 Å². The van der Waals surface area contributed by atoms with Gasteiger partial charge in [-0.05, 0) is 5.92 Å². The highest BCUT2D eigenvalue weighted by Gasteiger charge is 2.01. The average molecular weight is 214 g/mol. The highest BCUT2D eigenvalue weighted by Crippen LogP contribution is 1.87. The molecular weight excluding hydrogens is 196 g/mol. The third kappa shape index (κ3) is 9.22. The maximum atomic E-state index is 10.4. The molecule has 0 rings (SSSR count). The molecule has 0 radical (unpaired) electrons. The summed E-state index contributed by atoms with van der Waals surface area (Å²) in [7, 11) is 3.28. The summed E-state index contributed by atoms with van der Waals surface area (Å²) < 4.78 is 9.91. The summed E-state index contributed by atoms with van der Waals surface area (Å²) in [5.41, 5.74) is 4.90. The summed E-state index contributed by atoms with van der Waals surface area (Å²) in [6.45, 7) is 3.26. The number of primary amides is 1. The fourth-order valence-corrected chi connectivity index (χ4v) is 0.949. The number of methoxy groups -OCH3 is 2. The first-order valence-electron chi connectivity index (χ1n) is 4.69. The second kappa shape index (κ2) is 9.46. The summed E-state index contributed by atoms with van der Waals surface area (Å²) >= 11 is 0. The Balaban J connectivity index is 3.89. The Kier molecular flexibility index (Phi) is 8.78. The molecule has 5 nitrogen and oxygen atoms in total. The van der Waals surface area contributed by atoms with Gasteiger partial charge in [-0.1, -0.05) is 5.92 Å². The zero-order valence-electron chi connectivity index (χ0n) is 9.28. The second-order valence-electron chi connectivity index (χ2n) is 2.93. The lowest BCUT2D eigenvalue weighted by atomic mass is 10.4. The van der Waals surface area contributed by atoms with E-state index in [-0.39, 0.29) is 0 Å². The number of hydrogen-bond donors (Lipinski definition) is 1. The van der Waals surface area contributed by atoms with Gasteiger partial charge in [-0.15, -0.1) is 0 Å². The summed E-state index contributed by atoms with van der Waals surface area (Å²) in [6, 6.07) is 0. The minimum Gasteiger partial charge on any atom is -0.383 e. The Morgan fingerprint density at radius 1 is 1.27 bits per heavy atom. The van der Waals surface area contributed by atoms with Crippen molar-refractivity contribution in [2.75, 3.05) is 47.1 Å². The van der Waals surface area contributed by atoms with Crippen molar-refractivity contribution in [1.82, 2.24) is 4.90 Å². The van der Waals surface area contributed by atoms with Gasteiger partial charge in [0.15, 0.2) is 0 Å². The van der Waals surface area contributed by atoms with Crippen LogP contribution >= 0.6 is 0 Å². The fraction of sp³-hybridized carbons (Fsp3) is 0.700.